The highest BCUT2D eigenvalue weighted by molar-refractivity contribution is 5.66. The van der Waals surface area contributed by atoms with Crippen LogP contribution in [-0.4, -0.2) is 25.8 Å². The lowest BCUT2D eigenvalue weighted by atomic mass is 10.1. The number of aryl methyl sites for hydroxylation is 2. The normalized spacial score (nSPS) is 11.0. The average molecular weight is 273 g/mol. The van der Waals surface area contributed by atoms with Crippen molar-refractivity contribution in [3.63, 3.8) is 0 Å². The van der Waals surface area contributed by atoms with Crippen LogP contribution >= 0.6 is 0 Å². The maximum Gasteiger partial charge on any atom is 0.303 e. The zero-order valence-electron chi connectivity index (χ0n) is 12.0. The fourth-order valence-corrected chi connectivity index (χ4v) is 2.05. The SMILES string of the molecule is Cc1ccccc1-n1nc(CCC(=O)O)nc1C(C)C. The van der Waals surface area contributed by atoms with E-state index in [0.29, 0.717) is 12.2 Å². The molecule has 5 heteroatoms. The number of carboxylic acid groups (broad SMARTS) is 1. The molecule has 1 aromatic carbocycles. The minimum absolute atomic E-state index is 0.0509. The van der Waals surface area contributed by atoms with E-state index in [1.54, 1.807) is 0 Å². The van der Waals surface area contributed by atoms with Crippen molar-refractivity contribution in [2.45, 2.75) is 39.5 Å². The largest absolute Gasteiger partial charge is 0.481 e. The Kier molecular flexibility index (Phi) is 4.17. The van der Waals surface area contributed by atoms with Crippen LogP contribution in [-0.2, 0) is 11.2 Å². The molecule has 20 heavy (non-hydrogen) atoms. The molecule has 1 N–H and O–H groups in total. The van der Waals surface area contributed by atoms with Crippen molar-refractivity contribution >= 4 is 5.97 Å². The second-order valence-electron chi connectivity index (χ2n) is 5.13. The summed E-state index contributed by atoms with van der Waals surface area (Å²) in [7, 11) is 0. The van der Waals surface area contributed by atoms with Crippen molar-refractivity contribution in [1.29, 1.82) is 0 Å². The number of hydrogen-bond donors (Lipinski definition) is 1. The molecule has 0 aliphatic rings. The third-order valence-corrected chi connectivity index (χ3v) is 3.10. The van der Waals surface area contributed by atoms with Gasteiger partial charge in [0.05, 0.1) is 12.1 Å². The standard InChI is InChI=1S/C15H19N3O2/c1-10(2)15-16-13(8-9-14(19)20)17-18(15)12-7-5-4-6-11(12)3/h4-7,10H,8-9H2,1-3H3,(H,19,20). The van der Waals surface area contributed by atoms with Gasteiger partial charge in [0.15, 0.2) is 5.82 Å². The summed E-state index contributed by atoms with van der Waals surface area (Å²) < 4.78 is 1.83. The molecule has 2 rings (SSSR count). The van der Waals surface area contributed by atoms with Crippen LogP contribution in [0.4, 0.5) is 0 Å². The molecule has 0 atom stereocenters. The van der Waals surface area contributed by atoms with Crippen molar-refractivity contribution in [1.82, 2.24) is 14.8 Å². The third kappa shape index (κ3) is 3.04. The summed E-state index contributed by atoms with van der Waals surface area (Å²) in [5, 5.41) is 13.2. The smallest absolute Gasteiger partial charge is 0.303 e. The quantitative estimate of drug-likeness (QED) is 0.909. The minimum atomic E-state index is -0.830. The first-order chi connectivity index (χ1) is 9.49. The van der Waals surface area contributed by atoms with Crippen LogP contribution in [0.3, 0.4) is 0 Å². The van der Waals surface area contributed by atoms with Gasteiger partial charge in [-0.1, -0.05) is 32.0 Å². The Balaban J connectivity index is 2.41. The Bertz CT molecular complexity index is 617. The lowest BCUT2D eigenvalue weighted by molar-refractivity contribution is -0.137. The molecule has 0 bridgehead atoms. The Morgan fingerprint density at radius 2 is 2.05 bits per heavy atom. The number of para-hydroxylation sites is 1. The van der Waals surface area contributed by atoms with E-state index >= 15 is 0 Å². The summed E-state index contributed by atoms with van der Waals surface area (Å²) in [5.74, 6) is 0.836. The summed E-state index contributed by atoms with van der Waals surface area (Å²) in [6.07, 6.45) is 0.406. The summed E-state index contributed by atoms with van der Waals surface area (Å²) in [4.78, 5) is 15.1. The Morgan fingerprint density at radius 1 is 1.35 bits per heavy atom. The van der Waals surface area contributed by atoms with Crippen LogP contribution in [0.15, 0.2) is 24.3 Å². The summed E-state index contributed by atoms with van der Waals surface area (Å²) in [6.45, 7) is 6.14. The second-order valence-corrected chi connectivity index (χ2v) is 5.13. The van der Waals surface area contributed by atoms with E-state index in [9.17, 15) is 4.79 Å². The zero-order valence-corrected chi connectivity index (χ0v) is 12.0. The van der Waals surface area contributed by atoms with E-state index in [1.165, 1.54) is 0 Å². The average Bonchev–Trinajstić information content (AvgIpc) is 2.81. The van der Waals surface area contributed by atoms with Crippen LogP contribution in [0.25, 0.3) is 5.69 Å². The molecule has 2 aromatic rings. The van der Waals surface area contributed by atoms with Gasteiger partial charge in [0.2, 0.25) is 0 Å². The molecule has 0 saturated heterocycles. The highest BCUT2D eigenvalue weighted by atomic mass is 16.4. The molecule has 0 spiro atoms. The fourth-order valence-electron chi connectivity index (χ4n) is 2.05. The van der Waals surface area contributed by atoms with Gasteiger partial charge < -0.3 is 5.11 Å². The number of aromatic nitrogens is 3. The van der Waals surface area contributed by atoms with Gasteiger partial charge in [0.25, 0.3) is 0 Å². The second kappa shape index (κ2) is 5.86. The lowest BCUT2D eigenvalue weighted by Crippen LogP contribution is -2.06. The fraction of sp³-hybridized carbons (Fsp3) is 0.400. The van der Waals surface area contributed by atoms with Gasteiger partial charge in [-0.2, -0.15) is 5.10 Å². The lowest BCUT2D eigenvalue weighted by Gasteiger charge is -2.10. The van der Waals surface area contributed by atoms with Crippen LogP contribution in [0.1, 0.15) is 43.4 Å². The predicted molar refractivity (Wildman–Crippen MR) is 76.1 cm³/mol. The van der Waals surface area contributed by atoms with Crippen molar-refractivity contribution in [3.8, 4) is 5.69 Å². The maximum atomic E-state index is 10.7. The molecule has 0 radical (unpaired) electrons. The molecule has 106 valence electrons. The topological polar surface area (TPSA) is 68.0 Å². The molecule has 1 aromatic heterocycles. The summed E-state index contributed by atoms with van der Waals surface area (Å²) in [5.41, 5.74) is 2.11. The van der Waals surface area contributed by atoms with Crippen LogP contribution in [0, 0.1) is 6.92 Å². The Hall–Kier alpha value is -2.17. The minimum Gasteiger partial charge on any atom is -0.481 e. The van der Waals surface area contributed by atoms with Crippen molar-refractivity contribution in [2.24, 2.45) is 0 Å². The number of carbonyl (C=O) groups is 1. The van der Waals surface area contributed by atoms with Crippen LogP contribution in [0.2, 0.25) is 0 Å². The molecule has 5 nitrogen and oxygen atoms in total. The first-order valence-electron chi connectivity index (χ1n) is 6.72. The van der Waals surface area contributed by atoms with E-state index in [1.807, 2.05) is 35.9 Å². The van der Waals surface area contributed by atoms with Gasteiger partial charge in [-0.3, -0.25) is 4.79 Å². The van der Waals surface area contributed by atoms with Crippen molar-refractivity contribution < 1.29 is 9.90 Å². The van der Waals surface area contributed by atoms with Gasteiger partial charge in [0, 0.05) is 12.3 Å². The monoisotopic (exact) mass is 273 g/mol. The molecule has 0 saturated carbocycles. The molecule has 1 heterocycles. The Morgan fingerprint density at radius 3 is 2.65 bits per heavy atom. The molecule has 0 aliphatic heterocycles. The predicted octanol–water partition coefficient (Wildman–Crippen LogP) is 2.72. The summed E-state index contributed by atoms with van der Waals surface area (Å²) in [6, 6.07) is 7.97. The molecular weight excluding hydrogens is 254 g/mol. The number of carboxylic acids is 1. The van der Waals surface area contributed by atoms with E-state index in [-0.39, 0.29) is 12.3 Å². The van der Waals surface area contributed by atoms with E-state index in [2.05, 4.69) is 23.9 Å². The number of aliphatic carboxylic acids is 1. The van der Waals surface area contributed by atoms with Crippen LogP contribution < -0.4 is 0 Å². The van der Waals surface area contributed by atoms with Gasteiger partial charge in [-0.15, -0.1) is 0 Å². The van der Waals surface area contributed by atoms with Crippen molar-refractivity contribution in [3.05, 3.63) is 41.5 Å². The van der Waals surface area contributed by atoms with E-state index in [0.717, 1.165) is 17.1 Å². The van der Waals surface area contributed by atoms with Gasteiger partial charge in [0.1, 0.15) is 5.82 Å². The summed E-state index contributed by atoms with van der Waals surface area (Å²) >= 11 is 0. The number of rotatable bonds is 5. The van der Waals surface area contributed by atoms with E-state index < -0.39 is 5.97 Å². The zero-order chi connectivity index (χ0) is 14.7. The first kappa shape index (κ1) is 14.2. The number of nitrogens with zero attached hydrogens (tertiary/aromatic N) is 3. The van der Waals surface area contributed by atoms with Gasteiger partial charge in [-0.05, 0) is 18.6 Å². The number of hydrogen-bond acceptors (Lipinski definition) is 3. The highest BCUT2D eigenvalue weighted by Crippen LogP contribution is 2.20. The highest BCUT2D eigenvalue weighted by Gasteiger charge is 2.16. The molecule has 0 unspecified atom stereocenters. The molecular formula is C15H19N3O2. The number of benzene rings is 1. The van der Waals surface area contributed by atoms with E-state index in [4.69, 9.17) is 5.11 Å². The molecule has 0 aliphatic carbocycles. The first-order valence-corrected chi connectivity index (χ1v) is 6.72. The van der Waals surface area contributed by atoms with Crippen molar-refractivity contribution in [2.75, 3.05) is 0 Å². The van der Waals surface area contributed by atoms with Gasteiger partial charge >= 0.3 is 5.97 Å². The molecule has 0 amide bonds. The van der Waals surface area contributed by atoms with Crippen LogP contribution in [0.5, 0.6) is 0 Å². The maximum absolute atomic E-state index is 10.7. The molecule has 0 fully saturated rings. The third-order valence-electron chi connectivity index (χ3n) is 3.10. The van der Waals surface area contributed by atoms with Gasteiger partial charge in [-0.25, -0.2) is 9.67 Å². The Labute approximate surface area is 118 Å².